The van der Waals surface area contributed by atoms with Crippen molar-refractivity contribution in [2.75, 3.05) is 31.3 Å². The molecule has 1 aliphatic heterocycles. The summed E-state index contributed by atoms with van der Waals surface area (Å²) in [6.45, 7) is 0.712. The molecule has 1 fully saturated rings. The van der Waals surface area contributed by atoms with E-state index in [2.05, 4.69) is 12.6 Å². The molecule has 5 heteroatoms. The molecule has 0 radical (unpaired) electrons. The lowest BCUT2D eigenvalue weighted by atomic mass is 10.1. The first kappa shape index (κ1) is 13.9. The molecule has 0 spiro atoms. The van der Waals surface area contributed by atoms with Crippen LogP contribution in [0.2, 0.25) is 0 Å². The van der Waals surface area contributed by atoms with Crippen molar-refractivity contribution >= 4 is 30.1 Å². The Balaban J connectivity index is 2.15. The van der Waals surface area contributed by atoms with Crippen LogP contribution in [-0.4, -0.2) is 43.1 Å². The lowest BCUT2D eigenvalue weighted by Gasteiger charge is -2.17. The van der Waals surface area contributed by atoms with Gasteiger partial charge >= 0.3 is 0 Å². The second-order valence-corrected chi connectivity index (χ2v) is 5.37. The largest absolute Gasteiger partial charge is 0.345 e. The average molecular weight is 278 g/mol. The van der Waals surface area contributed by atoms with Gasteiger partial charge in [-0.2, -0.15) is 12.6 Å². The van der Waals surface area contributed by atoms with Gasteiger partial charge in [-0.1, -0.05) is 0 Å². The lowest BCUT2D eigenvalue weighted by Crippen LogP contribution is -2.25. The maximum atomic E-state index is 11.9. The van der Waals surface area contributed by atoms with Crippen LogP contribution in [0.3, 0.4) is 0 Å². The number of anilines is 1. The van der Waals surface area contributed by atoms with Gasteiger partial charge in [0.1, 0.15) is 0 Å². The molecule has 2 rings (SSSR count). The zero-order chi connectivity index (χ0) is 14.0. The minimum absolute atomic E-state index is 0.0347. The first-order valence-electron chi connectivity index (χ1n) is 6.26. The molecule has 1 unspecified atom stereocenters. The minimum Gasteiger partial charge on any atom is -0.345 e. The van der Waals surface area contributed by atoms with Crippen molar-refractivity contribution < 1.29 is 9.59 Å². The van der Waals surface area contributed by atoms with Gasteiger partial charge in [0.2, 0.25) is 5.91 Å². The highest BCUT2D eigenvalue weighted by molar-refractivity contribution is 7.80. The van der Waals surface area contributed by atoms with Crippen LogP contribution in [-0.2, 0) is 4.79 Å². The highest BCUT2D eigenvalue weighted by Crippen LogP contribution is 2.26. The second-order valence-electron chi connectivity index (χ2n) is 5.00. The van der Waals surface area contributed by atoms with Crippen molar-refractivity contribution in [3.8, 4) is 0 Å². The normalized spacial score (nSPS) is 18.8. The van der Waals surface area contributed by atoms with Gasteiger partial charge in [0.25, 0.3) is 5.91 Å². The highest BCUT2D eigenvalue weighted by Gasteiger charge is 2.29. The summed E-state index contributed by atoms with van der Waals surface area (Å²) < 4.78 is 0. The van der Waals surface area contributed by atoms with E-state index in [-0.39, 0.29) is 11.8 Å². The van der Waals surface area contributed by atoms with Gasteiger partial charge in [0, 0.05) is 38.3 Å². The lowest BCUT2D eigenvalue weighted by molar-refractivity contribution is -0.117. The molecule has 0 saturated carbocycles. The van der Waals surface area contributed by atoms with Crippen LogP contribution in [0.1, 0.15) is 16.8 Å². The highest BCUT2D eigenvalue weighted by atomic mass is 32.1. The summed E-state index contributed by atoms with van der Waals surface area (Å²) in [6, 6.07) is 7.18. The summed E-state index contributed by atoms with van der Waals surface area (Å²) in [6.07, 6.45) is 0.557. The molecule has 1 aromatic carbocycles. The first-order chi connectivity index (χ1) is 9.02. The summed E-state index contributed by atoms with van der Waals surface area (Å²) in [5, 5.41) is 0. The van der Waals surface area contributed by atoms with Crippen LogP contribution < -0.4 is 4.90 Å². The fraction of sp³-hybridized carbons (Fsp3) is 0.429. The Morgan fingerprint density at radius 3 is 2.47 bits per heavy atom. The predicted molar refractivity (Wildman–Crippen MR) is 78.8 cm³/mol. The number of amides is 2. The first-order valence-corrected chi connectivity index (χ1v) is 6.89. The van der Waals surface area contributed by atoms with Crippen LogP contribution in [0, 0.1) is 5.92 Å². The van der Waals surface area contributed by atoms with Crippen molar-refractivity contribution in [3.05, 3.63) is 29.8 Å². The van der Waals surface area contributed by atoms with Crippen LogP contribution in [0.5, 0.6) is 0 Å². The van der Waals surface area contributed by atoms with Gasteiger partial charge in [0.05, 0.1) is 0 Å². The molecule has 2 amide bonds. The molecule has 4 nitrogen and oxygen atoms in total. The molecule has 0 bridgehead atoms. The molecular formula is C14H18N2O2S. The van der Waals surface area contributed by atoms with E-state index >= 15 is 0 Å². The van der Waals surface area contributed by atoms with Gasteiger partial charge in [-0.25, -0.2) is 0 Å². The summed E-state index contributed by atoms with van der Waals surface area (Å²) in [5.41, 5.74) is 1.48. The maximum Gasteiger partial charge on any atom is 0.253 e. The smallest absolute Gasteiger partial charge is 0.253 e. The number of rotatable bonds is 3. The topological polar surface area (TPSA) is 40.6 Å². The fourth-order valence-corrected chi connectivity index (χ4v) is 2.44. The van der Waals surface area contributed by atoms with Crippen molar-refractivity contribution in [1.82, 2.24) is 4.90 Å². The van der Waals surface area contributed by atoms with Crippen molar-refractivity contribution in [1.29, 1.82) is 0 Å². The number of carbonyl (C=O) groups is 2. The Hall–Kier alpha value is -1.49. The second kappa shape index (κ2) is 5.65. The van der Waals surface area contributed by atoms with E-state index in [1.807, 2.05) is 12.1 Å². The third kappa shape index (κ3) is 2.92. The molecule has 0 aliphatic carbocycles. The number of benzene rings is 1. The van der Waals surface area contributed by atoms with Crippen LogP contribution in [0.4, 0.5) is 5.69 Å². The molecular weight excluding hydrogens is 260 g/mol. The van der Waals surface area contributed by atoms with Crippen LogP contribution in [0.15, 0.2) is 24.3 Å². The van der Waals surface area contributed by atoms with Gasteiger partial charge < -0.3 is 9.80 Å². The van der Waals surface area contributed by atoms with Gasteiger partial charge in [-0.05, 0) is 35.9 Å². The van der Waals surface area contributed by atoms with Gasteiger partial charge in [-0.15, -0.1) is 0 Å². The minimum atomic E-state index is -0.0347. The SMILES string of the molecule is CN(C)C(=O)c1ccc(N2CC(CS)CC2=O)cc1. The Kier molecular flexibility index (Phi) is 4.14. The van der Waals surface area contributed by atoms with E-state index in [0.717, 1.165) is 11.4 Å². The van der Waals surface area contributed by atoms with Crippen LogP contribution in [0.25, 0.3) is 0 Å². The fourth-order valence-electron chi connectivity index (χ4n) is 2.20. The zero-order valence-corrected chi connectivity index (χ0v) is 12.1. The Bertz CT molecular complexity index is 485. The Morgan fingerprint density at radius 1 is 1.37 bits per heavy atom. The van der Waals surface area contributed by atoms with Crippen molar-refractivity contribution in [3.63, 3.8) is 0 Å². The van der Waals surface area contributed by atoms with E-state index in [0.29, 0.717) is 24.4 Å². The Morgan fingerprint density at radius 2 is 2.00 bits per heavy atom. The quantitative estimate of drug-likeness (QED) is 0.855. The third-order valence-electron chi connectivity index (χ3n) is 3.30. The number of hydrogen-bond acceptors (Lipinski definition) is 3. The molecule has 102 valence electrons. The third-order valence-corrected chi connectivity index (χ3v) is 3.81. The molecule has 1 heterocycles. The maximum absolute atomic E-state index is 11.9. The molecule has 19 heavy (non-hydrogen) atoms. The Labute approximate surface area is 118 Å². The molecule has 1 atom stereocenters. The monoisotopic (exact) mass is 278 g/mol. The van der Waals surface area contributed by atoms with Crippen LogP contribution >= 0.6 is 12.6 Å². The molecule has 0 aromatic heterocycles. The molecule has 1 aliphatic rings. The summed E-state index contributed by atoms with van der Waals surface area (Å²) in [7, 11) is 3.44. The van der Waals surface area contributed by atoms with E-state index in [4.69, 9.17) is 0 Å². The summed E-state index contributed by atoms with van der Waals surface area (Å²) in [5.74, 6) is 1.14. The number of nitrogens with zero attached hydrogens (tertiary/aromatic N) is 2. The number of carbonyl (C=O) groups excluding carboxylic acids is 2. The molecule has 1 saturated heterocycles. The van der Waals surface area contributed by atoms with Crippen molar-refractivity contribution in [2.45, 2.75) is 6.42 Å². The van der Waals surface area contributed by atoms with Gasteiger partial charge in [-0.3, -0.25) is 9.59 Å². The number of hydrogen-bond donors (Lipinski definition) is 1. The van der Waals surface area contributed by atoms with E-state index < -0.39 is 0 Å². The van der Waals surface area contributed by atoms with Crippen molar-refractivity contribution in [2.24, 2.45) is 5.92 Å². The van der Waals surface area contributed by atoms with E-state index in [1.54, 1.807) is 31.1 Å². The van der Waals surface area contributed by atoms with E-state index in [9.17, 15) is 9.59 Å². The van der Waals surface area contributed by atoms with E-state index in [1.165, 1.54) is 4.90 Å². The average Bonchev–Trinajstić information content (AvgIpc) is 2.79. The summed E-state index contributed by atoms with van der Waals surface area (Å²) >= 11 is 4.25. The molecule has 0 N–H and O–H groups in total. The number of thiol groups is 1. The predicted octanol–water partition coefficient (Wildman–Crippen LogP) is 1.67. The summed E-state index contributed by atoms with van der Waals surface area (Å²) in [4.78, 5) is 27.0. The van der Waals surface area contributed by atoms with Gasteiger partial charge in [0.15, 0.2) is 0 Å². The standard InChI is InChI=1S/C14H18N2O2S/c1-15(2)14(18)11-3-5-12(6-4-11)16-8-10(9-19)7-13(16)17/h3-6,10,19H,7-9H2,1-2H3. The zero-order valence-electron chi connectivity index (χ0n) is 11.2. The molecule has 1 aromatic rings.